The van der Waals surface area contributed by atoms with Crippen LogP contribution in [-0.2, 0) is 15.8 Å². The van der Waals surface area contributed by atoms with Crippen molar-refractivity contribution in [2.45, 2.75) is 19.5 Å². The van der Waals surface area contributed by atoms with Crippen LogP contribution in [0.25, 0.3) is 0 Å². The lowest BCUT2D eigenvalue weighted by atomic mass is 10.2. The van der Waals surface area contributed by atoms with Crippen LogP contribution in [0.3, 0.4) is 0 Å². The Labute approximate surface area is 180 Å². The summed E-state index contributed by atoms with van der Waals surface area (Å²) in [6.07, 6.45) is -4.75. The van der Waals surface area contributed by atoms with Gasteiger partial charge in [0.2, 0.25) is 5.91 Å². The molecule has 0 unspecified atom stereocenters. The minimum atomic E-state index is -4.51. The standard InChI is InChI=1S/C19H16Cl2F3N3O3/c1-11(7-17(28)25-14-4-2-3-12(8-14)19(22,23)24)26-27-18(29)10-30-16-6-5-13(20)9-15(16)21/h2-6,8-9H,7,10H2,1H3,(H,25,28)(H,27,29). The van der Waals surface area contributed by atoms with Crippen LogP contribution < -0.4 is 15.5 Å². The van der Waals surface area contributed by atoms with Gasteiger partial charge in [-0.15, -0.1) is 0 Å². The van der Waals surface area contributed by atoms with Crippen molar-refractivity contribution >= 4 is 46.4 Å². The fraction of sp³-hybridized carbons (Fsp3) is 0.211. The van der Waals surface area contributed by atoms with Crippen LogP contribution in [0.15, 0.2) is 47.6 Å². The molecule has 0 aliphatic heterocycles. The molecule has 11 heteroatoms. The van der Waals surface area contributed by atoms with E-state index >= 15 is 0 Å². The Morgan fingerprint density at radius 1 is 1.10 bits per heavy atom. The lowest BCUT2D eigenvalue weighted by Crippen LogP contribution is -2.26. The van der Waals surface area contributed by atoms with Gasteiger partial charge in [0.05, 0.1) is 17.0 Å². The summed E-state index contributed by atoms with van der Waals surface area (Å²) in [6.45, 7) is 1.09. The number of alkyl halides is 3. The predicted molar refractivity (Wildman–Crippen MR) is 108 cm³/mol. The van der Waals surface area contributed by atoms with Gasteiger partial charge in [-0.3, -0.25) is 9.59 Å². The highest BCUT2D eigenvalue weighted by Gasteiger charge is 2.30. The molecule has 2 rings (SSSR count). The van der Waals surface area contributed by atoms with Crippen molar-refractivity contribution in [2.24, 2.45) is 5.10 Å². The number of carbonyl (C=O) groups excluding carboxylic acids is 2. The smallest absolute Gasteiger partial charge is 0.416 e. The molecule has 0 spiro atoms. The molecule has 0 radical (unpaired) electrons. The monoisotopic (exact) mass is 461 g/mol. The number of hydrogen-bond donors (Lipinski definition) is 2. The van der Waals surface area contributed by atoms with Crippen LogP contribution >= 0.6 is 23.2 Å². The van der Waals surface area contributed by atoms with Gasteiger partial charge in [0.1, 0.15) is 5.75 Å². The number of hydrazone groups is 1. The van der Waals surface area contributed by atoms with Crippen LogP contribution in [0.4, 0.5) is 18.9 Å². The number of nitrogens with zero attached hydrogens (tertiary/aromatic N) is 1. The zero-order valence-corrected chi connectivity index (χ0v) is 17.0. The van der Waals surface area contributed by atoms with E-state index in [1.54, 1.807) is 6.07 Å². The molecule has 2 N–H and O–H groups in total. The minimum Gasteiger partial charge on any atom is -0.482 e. The summed E-state index contributed by atoms with van der Waals surface area (Å²) in [5.41, 5.74) is 1.57. The van der Waals surface area contributed by atoms with Gasteiger partial charge in [-0.05, 0) is 43.3 Å². The summed E-state index contributed by atoms with van der Waals surface area (Å²) in [5, 5.41) is 6.76. The van der Waals surface area contributed by atoms with Crippen molar-refractivity contribution < 1.29 is 27.5 Å². The van der Waals surface area contributed by atoms with E-state index in [0.29, 0.717) is 5.02 Å². The number of anilines is 1. The predicted octanol–water partition coefficient (Wildman–Crippen LogP) is 4.91. The van der Waals surface area contributed by atoms with E-state index in [0.717, 1.165) is 12.1 Å². The fourth-order valence-corrected chi connectivity index (χ4v) is 2.64. The molecule has 0 aliphatic carbocycles. The first-order valence-corrected chi connectivity index (χ1v) is 9.17. The molecule has 0 aliphatic rings. The van der Waals surface area contributed by atoms with E-state index in [1.165, 1.54) is 31.2 Å². The van der Waals surface area contributed by atoms with Gasteiger partial charge in [-0.25, -0.2) is 5.43 Å². The minimum absolute atomic E-state index is 0.0000891. The highest BCUT2D eigenvalue weighted by Crippen LogP contribution is 2.30. The number of rotatable bonds is 7. The van der Waals surface area contributed by atoms with Crippen LogP contribution in [0.5, 0.6) is 5.75 Å². The quantitative estimate of drug-likeness (QED) is 0.453. The number of ether oxygens (including phenoxy) is 1. The van der Waals surface area contributed by atoms with Gasteiger partial charge in [-0.1, -0.05) is 29.3 Å². The number of hydrogen-bond acceptors (Lipinski definition) is 4. The van der Waals surface area contributed by atoms with Crippen LogP contribution in [0.2, 0.25) is 10.0 Å². The van der Waals surface area contributed by atoms with Gasteiger partial charge in [-0.2, -0.15) is 18.3 Å². The number of amides is 2. The highest BCUT2D eigenvalue weighted by molar-refractivity contribution is 6.35. The lowest BCUT2D eigenvalue weighted by molar-refractivity contribution is -0.137. The van der Waals surface area contributed by atoms with Crippen molar-refractivity contribution in [1.82, 2.24) is 5.43 Å². The van der Waals surface area contributed by atoms with Crippen LogP contribution in [-0.4, -0.2) is 24.1 Å². The Balaban J connectivity index is 1.83. The first-order chi connectivity index (χ1) is 14.0. The molecule has 2 aromatic rings. The number of benzene rings is 2. The molecular formula is C19H16Cl2F3N3O3. The van der Waals surface area contributed by atoms with Gasteiger partial charge in [0.25, 0.3) is 5.91 Å². The molecule has 160 valence electrons. The summed E-state index contributed by atoms with van der Waals surface area (Å²) < 4.78 is 43.4. The van der Waals surface area contributed by atoms with E-state index in [-0.39, 0.29) is 35.2 Å². The average molecular weight is 462 g/mol. The number of halogens is 5. The molecule has 30 heavy (non-hydrogen) atoms. The maximum Gasteiger partial charge on any atom is 0.416 e. The molecule has 0 saturated heterocycles. The third-order valence-electron chi connectivity index (χ3n) is 3.51. The number of nitrogens with one attached hydrogen (secondary N) is 2. The average Bonchev–Trinajstić information content (AvgIpc) is 2.65. The maximum absolute atomic E-state index is 12.7. The summed E-state index contributed by atoms with van der Waals surface area (Å²) >= 11 is 11.7. The summed E-state index contributed by atoms with van der Waals surface area (Å²) in [7, 11) is 0. The second-order valence-corrected chi connectivity index (χ2v) is 6.89. The first kappa shape index (κ1) is 23.5. The molecule has 2 amide bonds. The van der Waals surface area contributed by atoms with Gasteiger partial charge in [0.15, 0.2) is 6.61 Å². The van der Waals surface area contributed by atoms with Crippen molar-refractivity contribution in [3.05, 3.63) is 58.1 Å². The van der Waals surface area contributed by atoms with Crippen LogP contribution in [0.1, 0.15) is 18.9 Å². The zero-order chi connectivity index (χ0) is 22.3. The molecule has 6 nitrogen and oxygen atoms in total. The van der Waals surface area contributed by atoms with Crippen molar-refractivity contribution in [3.63, 3.8) is 0 Å². The summed E-state index contributed by atoms with van der Waals surface area (Å²) in [6, 6.07) is 8.76. The Morgan fingerprint density at radius 2 is 1.83 bits per heavy atom. The second-order valence-electron chi connectivity index (χ2n) is 6.05. The third kappa shape index (κ3) is 7.57. The third-order valence-corrected chi connectivity index (χ3v) is 4.04. The molecule has 0 bridgehead atoms. The molecule has 0 atom stereocenters. The second kappa shape index (κ2) is 10.3. The molecule has 0 aromatic heterocycles. The molecule has 0 saturated carbocycles. The summed E-state index contributed by atoms with van der Waals surface area (Å²) in [5.74, 6) is -0.926. The normalized spacial score (nSPS) is 11.7. The molecule has 2 aromatic carbocycles. The van der Waals surface area contributed by atoms with Gasteiger partial charge >= 0.3 is 6.18 Å². The molecule has 0 heterocycles. The SMILES string of the molecule is CC(CC(=O)Nc1cccc(C(F)(F)F)c1)=NNC(=O)COc1ccc(Cl)cc1Cl. The Hall–Kier alpha value is -2.78. The Bertz CT molecular complexity index is 966. The van der Waals surface area contributed by atoms with Gasteiger partial charge < -0.3 is 10.1 Å². The first-order valence-electron chi connectivity index (χ1n) is 8.41. The van der Waals surface area contributed by atoms with Crippen molar-refractivity contribution in [1.29, 1.82) is 0 Å². The zero-order valence-electron chi connectivity index (χ0n) is 15.5. The van der Waals surface area contributed by atoms with Crippen molar-refractivity contribution in [2.75, 3.05) is 11.9 Å². The molecular weight excluding hydrogens is 446 g/mol. The Kier molecular flexibility index (Phi) is 8.08. The summed E-state index contributed by atoms with van der Waals surface area (Å²) in [4.78, 5) is 23.8. The van der Waals surface area contributed by atoms with Crippen molar-refractivity contribution in [3.8, 4) is 5.75 Å². The Morgan fingerprint density at radius 3 is 2.50 bits per heavy atom. The highest BCUT2D eigenvalue weighted by atomic mass is 35.5. The van der Waals surface area contributed by atoms with Crippen LogP contribution in [0, 0.1) is 0 Å². The van der Waals surface area contributed by atoms with E-state index in [2.05, 4.69) is 15.8 Å². The maximum atomic E-state index is 12.7. The topological polar surface area (TPSA) is 79.8 Å². The van der Waals surface area contributed by atoms with E-state index in [4.69, 9.17) is 27.9 Å². The van der Waals surface area contributed by atoms with Gasteiger partial charge in [0, 0.05) is 16.4 Å². The van der Waals surface area contributed by atoms with E-state index < -0.39 is 23.6 Å². The number of carbonyl (C=O) groups is 2. The molecule has 0 fully saturated rings. The lowest BCUT2D eigenvalue weighted by Gasteiger charge is -2.10. The fourth-order valence-electron chi connectivity index (χ4n) is 2.18. The van der Waals surface area contributed by atoms with E-state index in [1.807, 2.05) is 0 Å². The van der Waals surface area contributed by atoms with E-state index in [9.17, 15) is 22.8 Å². The largest absolute Gasteiger partial charge is 0.482 e.